The molecule has 0 saturated heterocycles. The molecule has 0 N–H and O–H groups in total. The van der Waals surface area contributed by atoms with E-state index in [1.54, 1.807) is 0 Å². The lowest BCUT2D eigenvalue weighted by Gasteiger charge is -2.09. The van der Waals surface area contributed by atoms with Crippen LogP contribution in [-0.2, 0) is 13.1 Å². The predicted octanol–water partition coefficient (Wildman–Crippen LogP) is 7.00. The predicted molar refractivity (Wildman–Crippen MR) is 135 cm³/mol. The van der Waals surface area contributed by atoms with Crippen molar-refractivity contribution in [3.63, 3.8) is 0 Å². The van der Waals surface area contributed by atoms with E-state index in [-0.39, 0.29) is 0 Å². The average molecular weight is 534 g/mol. The Labute approximate surface area is 197 Å². The van der Waals surface area contributed by atoms with Crippen molar-refractivity contribution in [2.24, 2.45) is 0 Å². The number of pyridine rings is 2. The van der Waals surface area contributed by atoms with Gasteiger partial charge < -0.3 is 0 Å². The monoisotopic (exact) mass is 532 g/mol. The first-order chi connectivity index (χ1) is 15.4. The lowest BCUT2D eigenvalue weighted by atomic mass is 9.96. The topological polar surface area (TPSA) is 7.76 Å². The molecule has 0 amide bonds. The second-order valence-corrected chi connectivity index (χ2v) is 7.79. The van der Waals surface area contributed by atoms with Crippen LogP contribution in [0.4, 0.5) is 0 Å². The zero-order valence-corrected chi connectivity index (χ0v) is 20.2. The molecule has 0 unspecified atom stereocenters. The van der Waals surface area contributed by atoms with Crippen molar-refractivity contribution in [3.8, 4) is 22.3 Å². The summed E-state index contributed by atoms with van der Waals surface area (Å²) < 4.78 is 4.89. The van der Waals surface area contributed by atoms with E-state index in [4.69, 9.17) is 0 Å². The van der Waals surface area contributed by atoms with E-state index in [1.807, 2.05) is 0 Å². The molecule has 1 aliphatic rings. The van der Waals surface area contributed by atoms with E-state index in [2.05, 4.69) is 135 Å². The Bertz CT molecular complexity index is 1260. The van der Waals surface area contributed by atoms with Crippen LogP contribution in [0.2, 0.25) is 0 Å². The summed E-state index contributed by atoms with van der Waals surface area (Å²) >= 11 is 5.50. The first-order valence-corrected chi connectivity index (χ1v) is 14.2. The molecule has 4 heteroatoms. The van der Waals surface area contributed by atoms with E-state index in [0.717, 1.165) is 19.5 Å². The lowest BCUT2D eigenvalue weighted by Crippen LogP contribution is -2.34. The first-order valence-electron chi connectivity index (χ1n) is 10.5. The molecule has 0 atom stereocenters. The molecule has 0 fully saturated rings. The van der Waals surface area contributed by atoms with Crippen LogP contribution in [0.1, 0.15) is 6.42 Å². The first kappa shape index (κ1) is 20.3. The molecular formula is C27H22Br2N2+2. The summed E-state index contributed by atoms with van der Waals surface area (Å²) in [6, 6.07) is 30.7. The summed E-state index contributed by atoms with van der Waals surface area (Å²) in [4.78, 5) is 0. The number of rotatable bonds is 2. The maximum Gasteiger partial charge on any atom is 0.285 e. The van der Waals surface area contributed by atoms with Crippen molar-refractivity contribution in [2.75, 3.05) is 0 Å². The number of hydrogen-bond donors (Lipinski definition) is 0. The van der Waals surface area contributed by atoms with Gasteiger partial charge in [-0.1, -0.05) is 60.7 Å². The molecule has 0 saturated carbocycles. The van der Waals surface area contributed by atoms with Gasteiger partial charge in [-0.2, -0.15) is 9.13 Å². The van der Waals surface area contributed by atoms with E-state index >= 15 is 0 Å². The summed E-state index contributed by atoms with van der Waals surface area (Å²) in [5, 5.41) is 2.65. The Balaban J connectivity index is 0.000000994. The van der Waals surface area contributed by atoms with Crippen LogP contribution in [0, 0.1) is 0 Å². The van der Waals surface area contributed by atoms with Gasteiger partial charge >= 0.3 is 0 Å². The van der Waals surface area contributed by atoms with Gasteiger partial charge in [0.2, 0.25) is 0 Å². The molecular weight excluding hydrogens is 512 g/mol. The van der Waals surface area contributed by atoms with E-state index in [0.29, 0.717) is 0 Å². The van der Waals surface area contributed by atoms with Crippen molar-refractivity contribution in [1.82, 2.24) is 0 Å². The average Bonchev–Trinajstić information content (AvgIpc) is 3.05. The van der Waals surface area contributed by atoms with Gasteiger partial charge in [-0.15, -0.1) is 0 Å². The van der Waals surface area contributed by atoms with Crippen LogP contribution < -0.4 is 9.13 Å². The SMILES string of the molecule is BrBr.c1ccc(-c2cc[n+]3c4c2ccc2c(-c5ccccc5)cc[n+](c24)CCC3)cc1. The second-order valence-electron chi connectivity index (χ2n) is 7.79. The summed E-state index contributed by atoms with van der Waals surface area (Å²) in [5.74, 6) is 0. The van der Waals surface area contributed by atoms with Gasteiger partial charge in [0.1, 0.15) is 0 Å². The van der Waals surface area contributed by atoms with E-state index < -0.39 is 0 Å². The minimum atomic E-state index is 1.05. The summed E-state index contributed by atoms with van der Waals surface area (Å²) in [5.41, 5.74) is 7.84. The van der Waals surface area contributed by atoms with Crippen LogP contribution in [0.15, 0.2) is 97.3 Å². The highest BCUT2D eigenvalue weighted by atomic mass is 80.9. The second kappa shape index (κ2) is 8.89. The zero-order valence-electron chi connectivity index (χ0n) is 17.0. The minimum absolute atomic E-state index is 1.05. The fourth-order valence-corrected chi connectivity index (χ4v) is 4.78. The number of hydrogen-bond acceptors (Lipinski definition) is 0. The molecule has 152 valence electrons. The number of aryl methyl sites for hydroxylation is 2. The smallest absolute Gasteiger partial charge is 0.192 e. The van der Waals surface area contributed by atoms with Crippen molar-refractivity contribution in [1.29, 1.82) is 0 Å². The minimum Gasteiger partial charge on any atom is -0.192 e. The maximum atomic E-state index is 2.75. The largest absolute Gasteiger partial charge is 0.285 e. The Morgan fingerprint density at radius 2 is 0.935 bits per heavy atom. The third-order valence-electron chi connectivity index (χ3n) is 6.12. The number of halogens is 2. The lowest BCUT2D eigenvalue weighted by molar-refractivity contribution is -0.682. The van der Waals surface area contributed by atoms with Crippen LogP contribution in [0.25, 0.3) is 44.1 Å². The van der Waals surface area contributed by atoms with Gasteiger partial charge in [-0.3, -0.25) is 0 Å². The highest BCUT2D eigenvalue weighted by Crippen LogP contribution is 2.34. The van der Waals surface area contributed by atoms with Crippen LogP contribution >= 0.6 is 28.3 Å². The zero-order chi connectivity index (χ0) is 21.2. The summed E-state index contributed by atoms with van der Waals surface area (Å²) in [7, 11) is 0. The molecule has 0 spiro atoms. The molecule has 3 aromatic carbocycles. The Morgan fingerprint density at radius 1 is 0.516 bits per heavy atom. The van der Waals surface area contributed by atoms with Crippen LogP contribution in [-0.4, -0.2) is 0 Å². The van der Waals surface area contributed by atoms with Gasteiger partial charge in [0.25, 0.3) is 11.0 Å². The number of aromatic nitrogens is 2. The van der Waals surface area contributed by atoms with Crippen molar-refractivity contribution in [2.45, 2.75) is 19.5 Å². The maximum absolute atomic E-state index is 2.75. The highest BCUT2D eigenvalue weighted by Gasteiger charge is 2.28. The van der Waals surface area contributed by atoms with Crippen molar-refractivity contribution >= 4 is 50.1 Å². The molecule has 2 nitrogen and oxygen atoms in total. The fourth-order valence-electron chi connectivity index (χ4n) is 4.78. The molecule has 3 heterocycles. The molecule has 5 aromatic rings. The molecule has 0 aliphatic carbocycles. The quantitative estimate of drug-likeness (QED) is 0.170. The number of benzene rings is 3. The standard InChI is InChI=1S/C27H22N2.Br2/c1-3-8-20(9-4-1)22-14-18-28-16-7-17-29-19-15-23(21-10-5-2-6-11-21)25-13-12-24(22)26(28)27(25)29;1-2/h1-6,8-15,18-19H,7,16-17H2;/q+2;. The number of nitrogens with zero attached hydrogens (tertiary/aromatic N) is 2. The Hall–Kier alpha value is -2.56. The fraction of sp³-hybridized carbons (Fsp3) is 0.111. The van der Waals surface area contributed by atoms with Crippen LogP contribution in [0.3, 0.4) is 0 Å². The van der Waals surface area contributed by atoms with Crippen molar-refractivity contribution in [3.05, 3.63) is 97.3 Å². The Morgan fingerprint density at radius 3 is 1.35 bits per heavy atom. The molecule has 6 rings (SSSR count). The van der Waals surface area contributed by atoms with E-state index in [9.17, 15) is 0 Å². The molecule has 0 bridgehead atoms. The highest BCUT2D eigenvalue weighted by molar-refractivity contribution is 9.93. The van der Waals surface area contributed by atoms with Crippen molar-refractivity contribution < 1.29 is 9.13 Å². The summed E-state index contributed by atoms with van der Waals surface area (Å²) in [6.45, 7) is 2.10. The van der Waals surface area contributed by atoms with Gasteiger partial charge in [0.05, 0.1) is 17.2 Å². The summed E-state index contributed by atoms with van der Waals surface area (Å²) in [6.07, 6.45) is 5.69. The van der Waals surface area contributed by atoms with Gasteiger partial charge in [-0.25, -0.2) is 0 Å². The Kier molecular flexibility index (Phi) is 5.84. The van der Waals surface area contributed by atoms with Crippen LogP contribution in [0.5, 0.6) is 0 Å². The van der Waals surface area contributed by atoms with Gasteiger partial charge in [-0.05, 0) is 23.3 Å². The third-order valence-corrected chi connectivity index (χ3v) is 6.12. The van der Waals surface area contributed by atoms with Gasteiger partial charge in [0, 0.05) is 51.5 Å². The molecule has 31 heavy (non-hydrogen) atoms. The molecule has 1 aliphatic heterocycles. The van der Waals surface area contributed by atoms with Gasteiger partial charge in [0.15, 0.2) is 25.5 Å². The third kappa shape index (κ3) is 3.58. The van der Waals surface area contributed by atoms with E-state index in [1.165, 1.54) is 44.1 Å². The normalized spacial score (nSPS) is 12.5. The molecule has 2 aromatic heterocycles. The molecule has 0 radical (unpaired) electrons.